The Morgan fingerprint density at radius 1 is 1.25 bits per heavy atom. The van der Waals surface area contributed by atoms with E-state index in [1.165, 1.54) is 7.11 Å². The summed E-state index contributed by atoms with van der Waals surface area (Å²) in [5, 5.41) is 3.75. The summed E-state index contributed by atoms with van der Waals surface area (Å²) in [7, 11) is 1.32. The number of nitrogens with two attached hydrogens (primary N) is 1. The van der Waals surface area contributed by atoms with Gasteiger partial charge in [0.15, 0.2) is 0 Å². The Labute approximate surface area is 122 Å². The predicted molar refractivity (Wildman–Crippen MR) is 81.7 cm³/mol. The second-order valence-electron chi connectivity index (χ2n) is 4.32. The molecule has 0 spiro atoms. The van der Waals surface area contributed by atoms with Crippen LogP contribution in [0.3, 0.4) is 0 Å². The van der Waals surface area contributed by atoms with Crippen molar-refractivity contribution in [3.63, 3.8) is 0 Å². The topological polar surface area (TPSA) is 64.3 Å². The molecule has 20 heavy (non-hydrogen) atoms. The number of carbonyl (C=O) groups excluding carboxylic acids is 1. The molecule has 0 aliphatic rings. The fourth-order valence-electron chi connectivity index (χ4n) is 1.89. The number of benzene rings is 2. The van der Waals surface area contributed by atoms with E-state index in [0.29, 0.717) is 22.0 Å². The van der Waals surface area contributed by atoms with E-state index in [-0.39, 0.29) is 0 Å². The molecule has 4 nitrogen and oxygen atoms in total. The van der Waals surface area contributed by atoms with Crippen LogP contribution in [0.1, 0.15) is 15.9 Å². The number of nitrogen functional groups attached to an aromatic ring is 1. The molecule has 0 saturated heterocycles. The minimum atomic E-state index is -0.470. The van der Waals surface area contributed by atoms with Crippen molar-refractivity contribution in [2.24, 2.45) is 0 Å². The van der Waals surface area contributed by atoms with Gasteiger partial charge in [0.2, 0.25) is 0 Å². The van der Waals surface area contributed by atoms with E-state index in [1.54, 1.807) is 24.3 Å². The molecule has 0 aromatic heterocycles. The SMILES string of the molecule is COC(=O)c1cccc(Nc2c(C)cccc2Cl)c1N. The highest BCUT2D eigenvalue weighted by molar-refractivity contribution is 6.33. The Kier molecular flexibility index (Phi) is 4.15. The second kappa shape index (κ2) is 5.84. The maximum Gasteiger partial charge on any atom is 0.340 e. The van der Waals surface area contributed by atoms with Crippen LogP contribution < -0.4 is 11.1 Å². The van der Waals surface area contributed by atoms with E-state index < -0.39 is 5.97 Å². The van der Waals surface area contributed by atoms with Crippen molar-refractivity contribution < 1.29 is 9.53 Å². The average molecular weight is 291 g/mol. The van der Waals surface area contributed by atoms with Crippen LogP contribution in [0.5, 0.6) is 0 Å². The molecule has 104 valence electrons. The zero-order valence-corrected chi connectivity index (χ0v) is 12.0. The predicted octanol–water partition coefficient (Wildman–Crippen LogP) is 3.76. The number of rotatable bonds is 3. The Balaban J connectivity index is 2.42. The van der Waals surface area contributed by atoms with Crippen LogP contribution in [0.4, 0.5) is 17.1 Å². The van der Waals surface area contributed by atoms with Crippen molar-refractivity contribution in [2.75, 3.05) is 18.2 Å². The molecule has 0 atom stereocenters. The number of hydrogen-bond acceptors (Lipinski definition) is 4. The van der Waals surface area contributed by atoms with Crippen LogP contribution in [0, 0.1) is 6.92 Å². The number of halogens is 1. The highest BCUT2D eigenvalue weighted by Crippen LogP contribution is 2.32. The van der Waals surface area contributed by atoms with Gasteiger partial charge in [-0.25, -0.2) is 4.79 Å². The first-order valence-electron chi connectivity index (χ1n) is 6.03. The molecule has 2 aromatic rings. The van der Waals surface area contributed by atoms with Crippen molar-refractivity contribution in [2.45, 2.75) is 6.92 Å². The molecule has 5 heteroatoms. The fourth-order valence-corrected chi connectivity index (χ4v) is 2.16. The molecule has 0 aliphatic carbocycles. The van der Waals surface area contributed by atoms with Gasteiger partial charge in [-0.05, 0) is 30.7 Å². The van der Waals surface area contributed by atoms with Crippen LogP contribution in [-0.4, -0.2) is 13.1 Å². The number of para-hydroxylation sites is 2. The quantitative estimate of drug-likeness (QED) is 0.667. The maximum atomic E-state index is 11.6. The summed E-state index contributed by atoms with van der Waals surface area (Å²) in [6.07, 6.45) is 0. The monoisotopic (exact) mass is 290 g/mol. The lowest BCUT2D eigenvalue weighted by Crippen LogP contribution is -2.08. The van der Waals surface area contributed by atoms with E-state index in [9.17, 15) is 4.79 Å². The van der Waals surface area contributed by atoms with Gasteiger partial charge in [0.1, 0.15) is 0 Å². The first-order chi connectivity index (χ1) is 9.54. The van der Waals surface area contributed by atoms with Gasteiger partial charge < -0.3 is 15.8 Å². The Hall–Kier alpha value is -2.20. The molecule has 0 fully saturated rings. The third-order valence-electron chi connectivity index (χ3n) is 2.99. The minimum Gasteiger partial charge on any atom is -0.465 e. The molecule has 2 aromatic carbocycles. The molecule has 0 aliphatic heterocycles. The lowest BCUT2D eigenvalue weighted by Gasteiger charge is -2.14. The van der Waals surface area contributed by atoms with E-state index in [4.69, 9.17) is 22.1 Å². The second-order valence-corrected chi connectivity index (χ2v) is 4.72. The Bertz CT molecular complexity index is 636. The normalized spacial score (nSPS) is 10.2. The third kappa shape index (κ3) is 2.70. The number of anilines is 3. The number of carbonyl (C=O) groups is 1. The lowest BCUT2D eigenvalue weighted by molar-refractivity contribution is 0.0602. The molecule has 3 N–H and O–H groups in total. The molecular weight excluding hydrogens is 276 g/mol. The van der Waals surface area contributed by atoms with Crippen LogP contribution in [0.2, 0.25) is 5.02 Å². The first kappa shape index (κ1) is 14.2. The number of ether oxygens (including phenoxy) is 1. The third-order valence-corrected chi connectivity index (χ3v) is 3.31. The number of methoxy groups -OCH3 is 1. The van der Waals surface area contributed by atoms with Gasteiger partial charge in [-0.3, -0.25) is 0 Å². The molecule has 0 unspecified atom stereocenters. The van der Waals surface area contributed by atoms with Gasteiger partial charge in [0, 0.05) is 0 Å². The summed E-state index contributed by atoms with van der Waals surface area (Å²) in [5.41, 5.74) is 9.02. The highest BCUT2D eigenvalue weighted by Gasteiger charge is 2.14. The van der Waals surface area contributed by atoms with Crippen molar-refractivity contribution in [1.29, 1.82) is 0 Å². The zero-order chi connectivity index (χ0) is 14.7. The number of hydrogen-bond donors (Lipinski definition) is 2. The Morgan fingerprint density at radius 2 is 1.95 bits per heavy atom. The van der Waals surface area contributed by atoms with Crippen LogP contribution >= 0.6 is 11.6 Å². The Morgan fingerprint density at radius 3 is 2.60 bits per heavy atom. The standard InChI is InChI=1S/C15H15ClN2O2/c1-9-5-3-7-11(16)14(9)18-12-8-4-6-10(13(12)17)15(19)20-2/h3-8,18H,17H2,1-2H3. The summed E-state index contributed by atoms with van der Waals surface area (Å²) in [5.74, 6) is -0.470. The average Bonchev–Trinajstić information content (AvgIpc) is 2.44. The van der Waals surface area contributed by atoms with Gasteiger partial charge >= 0.3 is 5.97 Å². The number of aryl methyl sites for hydroxylation is 1. The molecule has 0 heterocycles. The van der Waals surface area contributed by atoms with E-state index >= 15 is 0 Å². The molecule has 0 amide bonds. The van der Waals surface area contributed by atoms with E-state index in [0.717, 1.165) is 11.3 Å². The van der Waals surface area contributed by atoms with Crippen molar-refractivity contribution in [1.82, 2.24) is 0 Å². The number of esters is 1. The largest absolute Gasteiger partial charge is 0.465 e. The van der Waals surface area contributed by atoms with E-state index in [2.05, 4.69) is 5.32 Å². The van der Waals surface area contributed by atoms with Crippen LogP contribution in [-0.2, 0) is 4.74 Å². The van der Waals surface area contributed by atoms with Gasteiger partial charge in [-0.2, -0.15) is 0 Å². The minimum absolute atomic E-state index is 0.321. The smallest absolute Gasteiger partial charge is 0.340 e. The summed E-state index contributed by atoms with van der Waals surface area (Å²) in [6.45, 7) is 1.94. The van der Waals surface area contributed by atoms with Crippen LogP contribution in [0.25, 0.3) is 0 Å². The molecule has 0 radical (unpaired) electrons. The molecule has 0 saturated carbocycles. The van der Waals surface area contributed by atoms with Gasteiger partial charge in [0.05, 0.1) is 34.8 Å². The van der Waals surface area contributed by atoms with Crippen molar-refractivity contribution in [3.8, 4) is 0 Å². The molecular formula is C15H15ClN2O2. The summed E-state index contributed by atoms with van der Waals surface area (Å²) in [6, 6.07) is 10.7. The van der Waals surface area contributed by atoms with Crippen molar-refractivity contribution >= 4 is 34.6 Å². The molecule has 0 bridgehead atoms. The number of nitrogens with one attached hydrogen (secondary N) is 1. The van der Waals surface area contributed by atoms with Crippen LogP contribution in [0.15, 0.2) is 36.4 Å². The summed E-state index contributed by atoms with van der Waals surface area (Å²) in [4.78, 5) is 11.6. The lowest BCUT2D eigenvalue weighted by atomic mass is 10.1. The van der Waals surface area contributed by atoms with Gasteiger partial charge in [0.25, 0.3) is 0 Å². The van der Waals surface area contributed by atoms with Gasteiger partial charge in [-0.1, -0.05) is 29.8 Å². The highest BCUT2D eigenvalue weighted by atomic mass is 35.5. The van der Waals surface area contributed by atoms with Crippen molar-refractivity contribution in [3.05, 3.63) is 52.5 Å². The maximum absolute atomic E-state index is 11.6. The zero-order valence-electron chi connectivity index (χ0n) is 11.2. The first-order valence-corrected chi connectivity index (χ1v) is 6.41. The molecule has 2 rings (SSSR count). The van der Waals surface area contributed by atoms with E-state index in [1.807, 2.05) is 19.1 Å². The van der Waals surface area contributed by atoms with Gasteiger partial charge in [-0.15, -0.1) is 0 Å². The summed E-state index contributed by atoms with van der Waals surface area (Å²) >= 11 is 6.17. The summed E-state index contributed by atoms with van der Waals surface area (Å²) < 4.78 is 4.70. The fraction of sp³-hybridized carbons (Fsp3) is 0.133.